The van der Waals surface area contributed by atoms with Gasteiger partial charge in [0.1, 0.15) is 5.82 Å². The third-order valence-electron chi connectivity index (χ3n) is 2.76. The Morgan fingerprint density at radius 2 is 2.00 bits per heavy atom. The first-order valence-electron chi connectivity index (χ1n) is 6.11. The number of rotatable bonds is 3. The van der Waals surface area contributed by atoms with E-state index in [9.17, 15) is 22.4 Å². The molecular weight excluding hydrogens is 336 g/mol. The van der Waals surface area contributed by atoms with Gasteiger partial charge in [-0.2, -0.15) is 13.2 Å². The number of nitrogens with zero attached hydrogens (tertiary/aromatic N) is 1. The van der Waals surface area contributed by atoms with Gasteiger partial charge in [-0.15, -0.1) is 0 Å². The maximum Gasteiger partial charge on any atom is 0.416 e. The van der Waals surface area contributed by atoms with Gasteiger partial charge in [0.05, 0.1) is 18.4 Å². The van der Waals surface area contributed by atoms with Crippen LogP contribution in [0.2, 0.25) is 0 Å². The van der Waals surface area contributed by atoms with Crippen LogP contribution in [0.4, 0.5) is 23.2 Å². The molecule has 1 aromatic heterocycles. The molecule has 0 aliphatic rings. The van der Waals surface area contributed by atoms with Crippen LogP contribution in [-0.2, 0) is 10.9 Å². The fraction of sp³-hybridized carbons (Fsp3) is 0.143. The van der Waals surface area contributed by atoms with Gasteiger partial charge in [0, 0.05) is 16.0 Å². The molecule has 0 fully saturated rings. The smallest absolute Gasteiger partial charge is 0.416 e. The van der Waals surface area contributed by atoms with Crippen molar-refractivity contribution in [3.05, 3.63) is 47.5 Å². The van der Waals surface area contributed by atoms with Crippen molar-refractivity contribution in [3.8, 4) is 0 Å². The van der Waals surface area contributed by atoms with Crippen LogP contribution in [0.5, 0.6) is 0 Å². The number of aromatic nitrogens is 1. The Kier molecular flexibility index (Phi) is 4.79. The number of hydrogen-bond acceptors (Lipinski definition) is 5. The summed E-state index contributed by atoms with van der Waals surface area (Å²) in [5.74, 6) is -1.74. The fourth-order valence-corrected chi connectivity index (χ4v) is 2.51. The van der Waals surface area contributed by atoms with Gasteiger partial charge < -0.3 is 10.5 Å². The Morgan fingerprint density at radius 1 is 1.30 bits per heavy atom. The average Bonchev–Trinajstić information content (AvgIpc) is 2.47. The molecule has 1 heterocycles. The fourth-order valence-electron chi connectivity index (χ4n) is 1.67. The number of carbonyl (C=O) groups is 1. The van der Waals surface area contributed by atoms with E-state index in [1.165, 1.54) is 19.4 Å². The van der Waals surface area contributed by atoms with E-state index in [4.69, 9.17) is 5.73 Å². The topological polar surface area (TPSA) is 65.2 Å². The number of nitrogen functional groups attached to an aromatic ring is 1. The first-order chi connectivity index (χ1) is 10.7. The molecule has 2 N–H and O–H groups in total. The normalized spacial score (nSPS) is 11.3. The Hall–Kier alpha value is -2.29. The van der Waals surface area contributed by atoms with E-state index < -0.39 is 23.5 Å². The van der Waals surface area contributed by atoms with Crippen molar-refractivity contribution >= 4 is 23.4 Å². The maximum absolute atomic E-state index is 13.8. The zero-order chi connectivity index (χ0) is 17.2. The van der Waals surface area contributed by atoms with Gasteiger partial charge in [-0.1, -0.05) is 11.8 Å². The second kappa shape index (κ2) is 6.45. The minimum Gasteiger partial charge on any atom is -0.464 e. The van der Waals surface area contributed by atoms with Crippen molar-refractivity contribution in [2.75, 3.05) is 12.8 Å². The average molecular weight is 346 g/mol. The van der Waals surface area contributed by atoms with Gasteiger partial charge in [0.2, 0.25) is 0 Å². The molecule has 2 aromatic rings. The van der Waals surface area contributed by atoms with Crippen molar-refractivity contribution in [1.82, 2.24) is 4.98 Å². The second-order valence-electron chi connectivity index (χ2n) is 4.35. The van der Waals surface area contributed by atoms with Crippen molar-refractivity contribution in [2.24, 2.45) is 0 Å². The van der Waals surface area contributed by atoms with Gasteiger partial charge in [-0.25, -0.2) is 14.2 Å². The largest absolute Gasteiger partial charge is 0.464 e. The van der Waals surface area contributed by atoms with Crippen LogP contribution in [0.1, 0.15) is 16.1 Å². The van der Waals surface area contributed by atoms with Crippen LogP contribution >= 0.6 is 11.8 Å². The van der Waals surface area contributed by atoms with E-state index in [1.807, 2.05) is 0 Å². The molecule has 0 aliphatic heterocycles. The lowest BCUT2D eigenvalue weighted by molar-refractivity contribution is -0.137. The van der Waals surface area contributed by atoms with Crippen molar-refractivity contribution in [3.63, 3.8) is 0 Å². The molecular formula is C14H10F4N2O2S. The second-order valence-corrected chi connectivity index (χ2v) is 5.46. The summed E-state index contributed by atoms with van der Waals surface area (Å²) in [6.07, 6.45) is -3.36. The molecule has 2 rings (SSSR count). The lowest BCUT2D eigenvalue weighted by Crippen LogP contribution is -2.08. The first-order valence-corrected chi connectivity index (χ1v) is 6.92. The number of ether oxygens (including phenoxy) is 1. The highest BCUT2D eigenvalue weighted by Gasteiger charge is 2.31. The number of halogens is 4. The number of carbonyl (C=O) groups excluding carboxylic acids is 1. The SMILES string of the molecule is COC(=O)c1ncc(Sc2ccc(C(F)(F)F)cc2F)cc1N. The third kappa shape index (κ3) is 3.92. The van der Waals surface area contributed by atoms with Crippen LogP contribution in [0.3, 0.4) is 0 Å². The van der Waals surface area contributed by atoms with Crippen LogP contribution < -0.4 is 5.73 Å². The number of hydrogen-bond donors (Lipinski definition) is 1. The van der Waals surface area contributed by atoms with Crippen molar-refractivity contribution in [2.45, 2.75) is 16.0 Å². The highest BCUT2D eigenvalue weighted by atomic mass is 32.2. The molecule has 0 atom stereocenters. The van der Waals surface area contributed by atoms with E-state index in [1.54, 1.807) is 0 Å². The summed E-state index contributed by atoms with van der Waals surface area (Å²) < 4.78 is 55.7. The summed E-state index contributed by atoms with van der Waals surface area (Å²) in [4.78, 5) is 15.5. The summed E-state index contributed by atoms with van der Waals surface area (Å²) in [6, 6.07) is 3.58. The molecule has 0 saturated carbocycles. The minimum atomic E-state index is -4.61. The highest BCUT2D eigenvalue weighted by molar-refractivity contribution is 7.99. The molecule has 23 heavy (non-hydrogen) atoms. The Labute approximate surface area is 132 Å². The van der Waals surface area contributed by atoms with E-state index in [-0.39, 0.29) is 16.3 Å². The molecule has 0 aliphatic carbocycles. The van der Waals surface area contributed by atoms with Crippen molar-refractivity contribution in [1.29, 1.82) is 0 Å². The summed E-state index contributed by atoms with van der Waals surface area (Å²) >= 11 is 0.839. The lowest BCUT2D eigenvalue weighted by atomic mass is 10.2. The molecule has 1 aromatic carbocycles. The lowest BCUT2D eigenvalue weighted by Gasteiger charge is -2.09. The Balaban J connectivity index is 2.26. The Bertz CT molecular complexity index is 750. The van der Waals surface area contributed by atoms with Gasteiger partial charge in [0.15, 0.2) is 5.69 Å². The quantitative estimate of drug-likeness (QED) is 0.677. The van der Waals surface area contributed by atoms with E-state index in [2.05, 4.69) is 9.72 Å². The molecule has 122 valence electrons. The van der Waals surface area contributed by atoms with E-state index in [0.717, 1.165) is 23.9 Å². The molecule has 0 unspecified atom stereocenters. The van der Waals surface area contributed by atoms with Gasteiger partial charge in [-0.05, 0) is 24.3 Å². The van der Waals surface area contributed by atoms with E-state index in [0.29, 0.717) is 11.0 Å². The van der Waals surface area contributed by atoms with Crippen LogP contribution in [-0.4, -0.2) is 18.1 Å². The Morgan fingerprint density at radius 3 is 2.52 bits per heavy atom. The number of pyridine rings is 1. The highest BCUT2D eigenvalue weighted by Crippen LogP contribution is 2.35. The summed E-state index contributed by atoms with van der Waals surface area (Å²) in [5, 5.41) is 0. The number of esters is 1. The first kappa shape index (κ1) is 17.1. The zero-order valence-corrected chi connectivity index (χ0v) is 12.5. The van der Waals surface area contributed by atoms with Gasteiger partial charge in [-0.3, -0.25) is 0 Å². The standard InChI is InChI=1S/C14H10F4N2O2S/c1-22-13(21)12-10(19)5-8(6-20-12)23-11-3-2-7(4-9(11)15)14(16,17)18/h2-6H,19H2,1H3. The van der Waals surface area contributed by atoms with Gasteiger partial charge in [0.25, 0.3) is 0 Å². The number of alkyl halides is 3. The molecule has 9 heteroatoms. The number of anilines is 1. The number of methoxy groups -OCH3 is 1. The number of benzene rings is 1. The van der Waals surface area contributed by atoms with Crippen LogP contribution in [0.15, 0.2) is 40.3 Å². The predicted octanol–water partition coefficient (Wildman–Crippen LogP) is 3.76. The molecule has 0 amide bonds. The zero-order valence-electron chi connectivity index (χ0n) is 11.6. The molecule has 0 spiro atoms. The van der Waals surface area contributed by atoms with Crippen LogP contribution in [0, 0.1) is 5.82 Å². The minimum absolute atomic E-state index is 0.0224. The van der Waals surface area contributed by atoms with E-state index >= 15 is 0 Å². The third-order valence-corrected chi connectivity index (χ3v) is 3.77. The van der Waals surface area contributed by atoms with Crippen LogP contribution in [0.25, 0.3) is 0 Å². The maximum atomic E-state index is 13.8. The monoisotopic (exact) mass is 346 g/mol. The summed E-state index contributed by atoms with van der Waals surface area (Å²) in [7, 11) is 1.17. The van der Waals surface area contributed by atoms with Crippen molar-refractivity contribution < 1.29 is 27.1 Å². The molecule has 0 radical (unpaired) electrons. The molecule has 0 saturated heterocycles. The molecule has 4 nitrogen and oxygen atoms in total. The number of nitrogens with two attached hydrogens (primary N) is 1. The molecule has 0 bridgehead atoms. The predicted molar refractivity (Wildman–Crippen MR) is 75.5 cm³/mol. The summed E-state index contributed by atoms with van der Waals surface area (Å²) in [5.41, 5.74) is 4.51. The summed E-state index contributed by atoms with van der Waals surface area (Å²) in [6.45, 7) is 0. The van der Waals surface area contributed by atoms with Gasteiger partial charge >= 0.3 is 12.1 Å².